The fourth-order valence-electron chi connectivity index (χ4n) is 4.80. The first kappa shape index (κ1) is 15.0. The average Bonchev–Trinajstić information content (AvgIpc) is 2.74. The zero-order chi connectivity index (χ0) is 15.5. The Bertz CT molecular complexity index is 695. The van der Waals surface area contributed by atoms with Gasteiger partial charge in [-0.1, -0.05) is 70.7 Å². The molecule has 1 saturated carbocycles. The van der Waals surface area contributed by atoms with Crippen molar-refractivity contribution in [3.05, 3.63) is 56.5 Å². The molecule has 2 aliphatic rings. The van der Waals surface area contributed by atoms with Crippen molar-refractivity contribution in [3.63, 3.8) is 0 Å². The quantitative estimate of drug-likeness (QED) is 0.487. The number of hydrogen-bond acceptors (Lipinski definition) is 0. The molecule has 2 aromatic carbocycles. The maximum Gasteiger partial charge on any atom is 0.0226 e. The van der Waals surface area contributed by atoms with Crippen molar-refractivity contribution in [2.24, 2.45) is 5.41 Å². The van der Waals surface area contributed by atoms with Crippen molar-refractivity contribution in [1.82, 2.24) is 0 Å². The molecule has 22 heavy (non-hydrogen) atoms. The molecule has 0 aromatic heterocycles. The Morgan fingerprint density at radius 3 is 1.68 bits per heavy atom. The fraction of sp³-hybridized carbons (Fsp3) is 0.400. The first-order chi connectivity index (χ1) is 10.5. The van der Waals surface area contributed by atoms with Crippen LogP contribution in [-0.4, -0.2) is 0 Å². The minimum absolute atomic E-state index is 0.240. The molecule has 0 unspecified atom stereocenters. The third kappa shape index (κ3) is 1.86. The summed E-state index contributed by atoms with van der Waals surface area (Å²) >= 11 is 7.36. The molecule has 114 valence electrons. The van der Waals surface area contributed by atoms with Gasteiger partial charge in [-0.3, -0.25) is 0 Å². The Morgan fingerprint density at radius 1 is 0.818 bits per heavy atom. The van der Waals surface area contributed by atoms with Crippen LogP contribution in [-0.2, 0) is 5.41 Å². The Morgan fingerprint density at radius 2 is 1.27 bits per heavy atom. The minimum atomic E-state index is 0.240. The van der Waals surface area contributed by atoms with Crippen LogP contribution in [0.2, 0.25) is 0 Å². The highest BCUT2D eigenvalue weighted by Gasteiger charge is 2.57. The lowest BCUT2D eigenvalue weighted by molar-refractivity contribution is 0.0411. The molecular formula is C20H20Br2. The van der Waals surface area contributed by atoms with Gasteiger partial charge in [0.05, 0.1) is 0 Å². The Hall–Kier alpha value is -0.600. The minimum Gasteiger partial charge on any atom is -0.0649 e. The van der Waals surface area contributed by atoms with E-state index in [0.717, 1.165) is 0 Å². The summed E-state index contributed by atoms with van der Waals surface area (Å²) in [5.74, 6) is 0. The van der Waals surface area contributed by atoms with Gasteiger partial charge in [-0.15, -0.1) is 0 Å². The maximum atomic E-state index is 3.68. The molecule has 0 heterocycles. The van der Waals surface area contributed by atoms with Gasteiger partial charge < -0.3 is 0 Å². The SMILES string of the molecule is CCC1(CC)CC2(C1)c1cc(Br)ccc1-c1ccc(Br)cc12. The van der Waals surface area contributed by atoms with E-state index in [1.807, 2.05) is 0 Å². The van der Waals surface area contributed by atoms with Gasteiger partial charge in [0.1, 0.15) is 0 Å². The van der Waals surface area contributed by atoms with Crippen molar-refractivity contribution in [1.29, 1.82) is 0 Å². The van der Waals surface area contributed by atoms with E-state index < -0.39 is 0 Å². The van der Waals surface area contributed by atoms with Crippen LogP contribution in [0.25, 0.3) is 11.1 Å². The van der Waals surface area contributed by atoms with Crippen LogP contribution in [0.5, 0.6) is 0 Å². The summed E-state index contributed by atoms with van der Waals surface area (Å²) in [7, 11) is 0. The van der Waals surface area contributed by atoms with Crippen LogP contribution in [0.1, 0.15) is 50.7 Å². The third-order valence-electron chi connectivity index (χ3n) is 6.14. The van der Waals surface area contributed by atoms with Gasteiger partial charge in [0.25, 0.3) is 0 Å². The van der Waals surface area contributed by atoms with Gasteiger partial charge in [-0.2, -0.15) is 0 Å². The van der Waals surface area contributed by atoms with E-state index in [4.69, 9.17) is 0 Å². The van der Waals surface area contributed by atoms with E-state index >= 15 is 0 Å². The zero-order valence-corrected chi connectivity index (χ0v) is 16.2. The van der Waals surface area contributed by atoms with Crippen molar-refractivity contribution in [3.8, 4) is 11.1 Å². The highest BCUT2D eigenvalue weighted by Crippen LogP contribution is 2.67. The molecule has 0 aliphatic heterocycles. The van der Waals surface area contributed by atoms with Gasteiger partial charge in [-0.05, 0) is 64.8 Å². The number of halogens is 2. The number of rotatable bonds is 2. The lowest BCUT2D eigenvalue weighted by Crippen LogP contribution is -2.48. The molecular weight excluding hydrogens is 400 g/mol. The van der Waals surface area contributed by atoms with Gasteiger partial charge in [0.2, 0.25) is 0 Å². The second-order valence-corrected chi connectivity index (χ2v) is 8.85. The summed E-state index contributed by atoms with van der Waals surface area (Å²) in [4.78, 5) is 0. The second kappa shape index (κ2) is 4.95. The zero-order valence-electron chi connectivity index (χ0n) is 13.0. The Labute approximate surface area is 149 Å². The second-order valence-electron chi connectivity index (χ2n) is 7.02. The molecule has 2 heteroatoms. The molecule has 0 N–H and O–H groups in total. The molecule has 0 radical (unpaired) electrons. The number of fused-ring (bicyclic) bond motifs is 5. The molecule has 0 saturated heterocycles. The van der Waals surface area contributed by atoms with Crippen LogP contribution in [0.4, 0.5) is 0 Å². The summed E-state index contributed by atoms with van der Waals surface area (Å²) in [6.07, 6.45) is 5.16. The van der Waals surface area contributed by atoms with Crippen LogP contribution in [0.3, 0.4) is 0 Å². The topological polar surface area (TPSA) is 0 Å². The predicted molar refractivity (Wildman–Crippen MR) is 100 cm³/mol. The Kier molecular flexibility index (Phi) is 3.36. The van der Waals surface area contributed by atoms with E-state index in [-0.39, 0.29) is 5.41 Å². The lowest BCUT2D eigenvalue weighted by atomic mass is 9.48. The number of hydrogen-bond donors (Lipinski definition) is 0. The average molecular weight is 420 g/mol. The van der Waals surface area contributed by atoms with Crippen LogP contribution >= 0.6 is 31.9 Å². The lowest BCUT2D eigenvalue weighted by Gasteiger charge is -2.56. The van der Waals surface area contributed by atoms with Crippen molar-refractivity contribution < 1.29 is 0 Å². The van der Waals surface area contributed by atoms with Gasteiger partial charge in [0, 0.05) is 14.4 Å². The summed E-state index contributed by atoms with van der Waals surface area (Å²) in [5, 5.41) is 0. The van der Waals surface area contributed by atoms with E-state index in [1.54, 1.807) is 0 Å². The third-order valence-corrected chi connectivity index (χ3v) is 7.12. The molecule has 2 aromatic rings. The smallest absolute Gasteiger partial charge is 0.0226 e. The van der Waals surface area contributed by atoms with Crippen LogP contribution in [0, 0.1) is 5.41 Å². The molecule has 0 nitrogen and oxygen atoms in total. The summed E-state index contributed by atoms with van der Waals surface area (Å²) < 4.78 is 2.39. The summed E-state index contributed by atoms with van der Waals surface area (Å²) in [6, 6.07) is 13.7. The molecule has 2 aliphatic carbocycles. The van der Waals surface area contributed by atoms with Gasteiger partial charge in [0.15, 0.2) is 0 Å². The highest BCUT2D eigenvalue weighted by molar-refractivity contribution is 9.10. The molecule has 0 atom stereocenters. The highest BCUT2D eigenvalue weighted by atomic mass is 79.9. The summed E-state index contributed by atoms with van der Waals surface area (Å²) in [5.41, 5.74) is 6.71. The first-order valence-electron chi connectivity index (χ1n) is 8.14. The van der Waals surface area contributed by atoms with E-state index in [0.29, 0.717) is 5.41 Å². The van der Waals surface area contributed by atoms with Crippen molar-refractivity contribution >= 4 is 31.9 Å². The summed E-state index contributed by atoms with van der Waals surface area (Å²) in [6.45, 7) is 4.71. The van der Waals surface area contributed by atoms with Crippen LogP contribution < -0.4 is 0 Å². The largest absolute Gasteiger partial charge is 0.0649 e. The molecule has 4 rings (SSSR count). The number of benzene rings is 2. The van der Waals surface area contributed by atoms with E-state index in [1.165, 1.54) is 56.9 Å². The van der Waals surface area contributed by atoms with Crippen molar-refractivity contribution in [2.45, 2.75) is 44.9 Å². The normalized spacial score (nSPS) is 19.6. The van der Waals surface area contributed by atoms with Gasteiger partial charge >= 0.3 is 0 Å². The maximum absolute atomic E-state index is 3.68. The van der Waals surface area contributed by atoms with E-state index in [9.17, 15) is 0 Å². The van der Waals surface area contributed by atoms with Crippen LogP contribution in [0.15, 0.2) is 45.3 Å². The van der Waals surface area contributed by atoms with E-state index in [2.05, 4.69) is 82.1 Å². The molecule has 0 bridgehead atoms. The monoisotopic (exact) mass is 418 g/mol. The fourth-order valence-corrected chi connectivity index (χ4v) is 5.52. The first-order valence-corrected chi connectivity index (χ1v) is 9.73. The van der Waals surface area contributed by atoms with Crippen molar-refractivity contribution in [2.75, 3.05) is 0 Å². The molecule has 1 fully saturated rings. The standard InChI is InChI=1S/C20H20Br2/c1-3-19(4-2)11-20(12-19)17-9-13(21)5-7-15(17)16-8-6-14(22)10-18(16)20/h5-10H,3-4,11-12H2,1-2H3. The molecule has 1 spiro atoms. The van der Waals surface area contributed by atoms with Gasteiger partial charge in [-0.25, -0.2) is 0 Å². The Balaban J connectivity index is 1.93. The molecule has 0 amide bonds. The predicted octanol–water partition coefficient (Wildman–Crippen LogP) is 7.08.